The van der Waals surface area contributed by atoms with Crippen LogP contribution in [-0.2, 0) is 11.2 Å². The number of rotatable bonds is 4. The molecule has 0 radical (unpaired) electrons. The molecule has 0 fully saturated rings. The standard InChI is InChI=1S/C22H19N3O/c1-15-7-5-6-10-19(15)16-11-20-17(14-24-22(20)23-13-16)12-21(26)25-18-8-3-2-4-9-18/h2-11,13-14H,12H2,1H3,(H,23,24)(H,25,26). The highest BCUT2D eigenvalue weighted by molar-refractivity contribution is 5.96. The van der Waals surface area contributed by atoms with Gasteiger partial charge in [0.2, 0.25) is 5.91 Å². The van der Waals surface area contributed by atoms with Gasteiger partial charge in [-0.25, -0.2) is 4.98 Å². The molecule has 0 spiro atoms. The predicted molar refractivity (Wildman–Crippen MR) is 105 cm³/mol. The average Bonchev–Trinajstić information content (AvgIpc) is 3.05. The minimum atomic E-state index is -0.0432. The Bertz CT molecular complexity index is 1070. The number of amides is 1. The lowest BCUT2D eigenvalue weighted by atomic mass is 10.0. The first-order valence-electron chi connectivity index (χ1n) is 8.57. The van der Waals surface area contributed by atoms with Crippen LogP contribution in [-0.4, -0.2) is 15.9 Å². The number of pyridine rings is 1. The molecular weight excluding hydrogens is 322 g/mol. The van der Waals surface area contributed by atoms with Crippen LogP contribution < -0.4 is 5.32 Å². The number of fused-ring (bicyclic) bond motifs is 1. The van der Waals surface area contributed by atoms with Crippen molar-refractivity contribution < 1.29 is 4.79 Å². The lowest BCUT2D eigenvalue weighted by molar-refractivity contribution is -0.115. The second-order valence-electron chi connectivity index (χ2n) is 6.34. The summed E-state index contributed by atoms with van der Waals surface area (Å²) in [6, 6.07) is 19.8. The number of carbonyl (C=O) groups is 1. The highest BCUT2D eigenvalue weighted by Crippen LogP contribution is 2.27. The van der Waals surface area contributed by atoms with E-state index in [1.165, 1.54) is 5.56 Å². The zero-order chi connectivity index (χ0) is 17.9. The van der Waals surface area contributed by atoms with Gasteiger partial charge in [-0.05, 0) is 41.8 Å². The molecule has 128 valence electrons. The maximum absolute atomic E-state index is 12.4. The molecule has 0 saturated heterocycles. The maximum atomic E-state index is 12.4. The van der Waals surface area contributed by atoms with Crippen LogP contribution in [0.25, 0.3) is 22.2 Å². The minimum Gasteiger partial charge on any atom is -0.346 e. The normalized spacial score (nSPS) is 10.8. The Morgan fingerprint density at radius 3 is 2.65 bits per heavy atom. The van der Waals surface area contributed by atoms with Gasteiger partial charge in [-0.2, -0.15) is 0 Å². The van der Waals surface area contributed by atoms with Crippen LogP contribution in [0, 0.1) is 6.92 Å². The molecule has 2 aromatic carbocycles. The van der Waals surface area contributed by atoms with E-state index in [0.717, 1.165) is 33.4 Å². The SMILES string of the molecule is Cc1ccccc1-c1cnc2[nH]cc(CC(=O)Nc3ccccc3)c2c1. The largest absolute Gasteiger partial charge is 0.346 e. The summed E-state index contributed by atoms with van der Waals surface area (Å²) in [5.74, 6) is -0.0432. The van der Waals surface area contributed by atoms with Crippen molar-refractivity contribution in [2.75, 3.05) is 5.32 Å². The summed E-state index contributed by atoms with van der Waals surface area (Å²) >= 11 is 0. The Hall–Kier alpha value is -3.40. The number of aryl methyl sites for hydroxylation is 1. The first-order chi connectivity index (χ1) is 12.7. The monoisotopic (exact) mass is 341 g/mol. The number of nitrogens with zero attached hydrogens (tertiary/aromatic N) is 1. The van der Waals surface area contributed by atoms with Crippen molar-refractivity contribution in [1.82, 2.24) is 9.97 Å². The fraction of sp³-hybridized carbons (Fsp3) is 0.0909. The zero-order valence-corrected chi connectivity index (χ0v) is 14.5. The van der Waals surface area contributed by atoms with Crippen molar-refractivity contribution in [1.29, 1.82) is 0 Å². The van der Waals surface area contributed by atoms with Gasteiger partial charge in [-0.15, -0.1) is 0 Å². The molecular formula is C22H19N3O. The number of hydrogen-bond donors (Lipinski definition) is 2. The summed E-state index contributed by atoms with van der Waals surface area (Å²) in [5, 5.41) is 3.91. The van der Waals surface area contributed by atoms with Crippen LogP contribution in [0.4, 0.5) is 5.69 Å². The van der Waals surface area contributed by atoms with Gasteiger partial charge in [0, 0.05) is 29.0 Å². The lowest BCUT2D eigenvalue weighted by Gasteiger charge is -2.07. The molecule has 26 heavy (non-hydrogen) atoms. The Labute approximate surface area is 151 Å². The quantitative estimate of drug-likeness (QED) is 0.564. The Balaban J connectivity index is 1.63. The molecule has 4 heteroatoms. The van der Waals surface area contributed by atoms with Gasteiger partial charge in [0.1, 0.15) is 5.65 Å². The number of carbonyl (C=O) groups excluding carboxylic acids is 1. The average molecular weight is 341 g/mol. The molecule has 4 nitrogen and oxygen atoms in total. The van der Waals surface area contributed by atoms with Crippen molar-refractivity contribution >= 4 is 22.6 Å². The van der Waals surface area contributed by atoms with E-state index < -0.39 is 0 Å². The Morgan fingerprint density at radius 2 is 1.85 bits per heavy atom. The predicted octanol–water partition coefficient (Wildman–Crippen LogP) is 4.72. The van der Waals surface area contributed by atoms with Crippen LogP contribution >= 0.6 is 0 Å². The number of anilines is 1. The van der Waals surface area contributed by atoms with Gasteiger partial charge >= 0.3 is 0 Å². The number of benzene rings is 2. The van der Waals surface area contributed by atoms with E-state index in [1.54, 1.807) is 0 Å². The van der Waals surface area contributed by atoms with E-state index >= 15 is 0 Å². The third-order valence-electron chi connectivity index (χ3n) is 4.48. The summed E-state index contributed by atoms with van der Waals surface area (Å²) in [6.45, 7) is 2.09. The number of hydrogen-bond acceptors (Lipinski definition) is 2. The molecule has 2 heterocycles. The van der Waals surface area contributed by atoms with Crippen LogP contribution in [0.5, 0.6) is 0 Å². The highest BCUT2D eigenvalue weighted by atomic mass is 16.1. The molecule has 4 rings (SSSR count). The van der Waals surface area contributed by atoms with Crippen LogP contribution in [0.2, 0.25) is 0 Å². The third kappa shape index (κ3) is 3.22. The van der Waals surface area contributed by atoms with Gasteiger partial charge in [0.05, 0.1) is 6.42 Å². The Morgan fingerprint density at radius 1 is 1.08 bits per heavy atom. The lowest BCUT2D eigenvalue weighted by Crippen LogP contribution is -2.14. The van der Waals surface area contributed by atoms with Crippen LogP contribution in [0.1, 0.15) is 11.1 Å². The van der Waals surface area contributed by atoms with Crippen molar-refractivity contribution in [3.63, 3.8) is 0 Å². The van der Waals surface area contributed by atoms with Crippen molar-refractivity contribution in [2.45, 2.75) is 13.3 Å². The van der Waals surface area contributed by atoms with E-state index in [2.05, 4.69) is 40.4 Å². The first-order valence-corrected chi connectivity index (χ1v) is 8.57. The summed E-state index contributed by atoms with van der Waals surface area (Å²) in [6.07, 6.45) is 4.03. The molecule has 0 bridgehead atoms. The molecule has 0 atom stereocenters. The fourth-order valence-corrected chi connectivity index (χ4v) is 3.15. The van der Waals surface area contributed by atoms with E-state index in [4.69, 9.17) is 0 Å². The second-order valence-corrected chi connectivity index (χ2v) is 6.34. The van der Waals surface area contributed by atoms with Crippen LogP contribution in [0.3, 0.4) is 0 Å². The van der Waals surface area contributed by atoms with Crippen molar-refractivity contribution in [2.24, 2.45) is 0 Å². The molecule has 2 N–H and O–H groups in total. The van der Waals surface area contributed by atoms with E-state index in [0.29, 0.717) is 6.42 Å². The highest BCUT2D eigenvalue weighted by Gasteiger charge is 2.12. The summed E-state index contributed by atoms with van der Waals surface area (Å²) in [7, 11) is 0. The van der Waals surface area contributed by atoms with Gasteiger partial charge in [0.15, 0.2) is 0 Å². The third-order valence-corrected chi connectivity index (χ3v) is 4.48. The molecule has 2 aromatic heterocycles. The number of aromatic amines is 1. The fourth-order valence-electron chi connectivity index (χ4n) is 3.15. The first kappa shape index (κ1) is 16.1. The summed E-state index contributed by atoms with van der Waals surface area (Å²) < 4.78 is 0. The molecule has 4 aromatic rings. The van der Waals surface area contributed by atoms with Gasteiger partial charge in [-0.3, -0.25) is 4.79 Å². The number of para-hydroxylation sites is 1. The minimum absolute atomic E-state index is 0.0432. The molecule has 0 unspecified atom stereocenters. The summed E-state index contributed by atoms with van der Waals surface area (Å²) in [4.78, 5) is 20.1. The smallest absolute Gasteiger partial charge is 0.228 e. The van der Waals surface area contributed by atoms with Gasteiger partial charge in [-0.1, -0.05) is 42.5 Å². The van der Waals surface area contributed by atoms with Crippen LogP contribution in [0.15, 0.2) is 73.1 Å². The zero-order valence-electron chi connectivity index (χ0n) is 14.5. The molecule has 0 aliphatic rings. The number of H-pyrrole nitrogens is 1. The van der Waals surface area contributed by atoms with E-state index in [-0.39, 0.29) is 5.91 Å². The molecule has 0 aliphatic carbocycles. The molecule has 0 aliphatic heterocycles. The second kappa shape index (κ2) is 6.84. The van der Waals surface area contributed by atoms with Crippen molar-refractivity contribution in [3.8, 4) is 11.1 Å². The van der Waals surface area contributed by atoms with E-state index in [9.17, 15) is 4.79 Å². The van der Waals surface area contributed by atoms with Gasteiger partial charge in [0.25, 0.3) is 0 Å². The summed E-state index contributed by atoms with van der Waals surface area (Å²) in [5.41, 5.74) is 5.95. The van der Waals surface area contributed by atoms with Gasteiger partial charge < -0.3 is 10.3 Å². The Kier molecular flexibility index (Phi) is 4.23. The van der Waals surface area contributed by atoms with Crippen molar-refractivity contribution in [3.05, 3.63) is 84.2 Å². The molecule has 0 saturated carbocycles. The number of aromatic nitrogens is 2. The number of nitrogens with one attached hydrogen (secondary N) is 2. The topological polar surface area (TPSA) is 57.8 Å². The van der Waals surface area contributed by atoms with E-state index in [1.807, 2.05) is 54.9 Å². The molecule has 1 amide bonds. The maximum Gasteiger partial charge on any atom is 0.228 e.